The van der Waals surface area contributed by atoms with Crippen LogP contribution in [0.25, 0.3) is 0 Å². The average Bonchev–Trinajstić information content (AvgIpc) is 2.12. The first-order valence-corrected chi connectivity index (χ1v) is 5.44. The summed E-state index contributed by atoms with van der Waals surface area (Å²) >= 11 is 0. The molecule has 16 heavy (non-hydrogen) atoms. The summed E-state index contributed by atoms with van der Waals surface area (Å²) in [5.74, 6) is -0.902. The van der Waals surface area contributed by atoms with E-state index in [1.54, 1.807) is 4.90 Å². The normalized spacial score (nSPS) is 22.3. The van der Waals surface area contributed by atoms with E-state index in [2.05, 4.69) is 0 Å². The molecule has 0 spiro atoms. The molecule has 1 N–H and O–H groups in total. The molecule has 1 amide bonds. The molecule has 0 saturated carbocycles. The number of rotatable bonds is 3. The highest BCUT2D eigenvalue weighted by molar-refractivity contribution is 5.79. The van der Waals surface area contributed by atoms with Crippen LogP contribution in [0, 0.1) is 0 Å². The fraction of sp³-hybridized carbons (Fsp3) is 0.818. The van der Waals surface area contributed by atoms with E-state index in [-0.39, 0.29) is 30.5 Å². The van der Waals surface area contributed by atoms with Crippen LogP contribution < -0.4 is 0 Å². The van der Waals surface area contributed by atoms with Gasteiger partial charge in [-0.3, -0.25) is 9.59 Å². The van der Waals surface area contributed by atoms with Crippen LogP contribution in [0.5, 0.6) is 0 Å². The number of hydrogen-bond donors (Lipinski definition) is 1. The number of amides is 1. The van der Waals surface area contributed by atoms with Crippen LogP contribution in [0.2, 0.25) is 0 Å². The Kier molecular flexibility index (Phi) is 3.91. The van der Waals surface area contributed by atoms with Gasteiger partial charge < -0.3 is 14.7 Å². The minimum Gasteiger partial charge on any atom is -0.481 e. The van der Waals surface area contributed by atoms with Crippen molar-refractivity contribution in [2.24, 2.45) is 0 Å². The van der Waals surface area contributed by atoms with Gasteiger partial charge in [0.15, 0.2) is 0 Å². The van der Waals surface area contributed by atoms with Gasteiger partial charge in [0.05, 0.1) is 12.6 Å². The number of carboxylic acid groups (broad SMARTS) is 1. The SMILES string of the molecule is CC(C)(C)N1C(=O)COCC1CCC(=O)O. The Balaban J connectivity index is 2.71. The predicted octanol–water partition coefficient (Wildman–Crippen LogP) is 0.877. The quantitative estimate of drug-likeness (QED) is 0.780. The van der Waals surface area contributed by atoms with Crippen LogP contribution >= 0.6 is 0 Å². The minimum atomic E-state index is -0.841. The molecule has 1 fully saturated rings. The molecule has 0 radical (unpaired) electrons. The van der Waals surface area contributed by atoms with Crippen LogP contribution in [0.3, 0.4) is 0 Å². The maximum absolute atomic E-state index is 11.7. The van der Waals surface area contributed by atoms with Gasteiger partial charge in [-0.1, -0.05) is 0 Å². The first-order valence-electron chi connectivity index (χ1n) is 5.44. The van der Waals surface area contributed by atoms with Gasteiger partial charge in [0.1, 0.15) is 6.61 Å². The number of aliphatic carboxylic acids is 1. The van der Waals surface area contributed by atoms with Gasteiger partial charge in [-0.15, -0.1) is 0 Å². The molecule has 1 rings (SSSR count). The van der Waals surface area contributed by atoms with Gasteiger partial charge in [-0.25, -0.2) is 0 Å². The van der Waals surface area contributed by atoms with E-state index in [0.29, 0.717) is 13.0 Å². The number of carbonyl (C=O) groups is 2. The number of hydrogen-bond acceptors (Lipinski definition) is 3. The van der Waals surface area contributed by atoms with Crippen molar-refractivity contribution in [2.75, 3.05) is 13.2 Å². The molecule has 5 heteroatoms. The van der Waals surface area contributed by atoms with Crippen LogP contribution in [-0.4, -0.2) is 46.7 Å². The molecule has 5 nitrogen and oxygen atoms in total. The molecule has 0 aromatic rings. The van der Waals surface area contributed by atoms with Crippen molar-refractivity contribution in [1.29, 1.82) is 0 Å². The number of carboxylic acids is 1. The van der Waals surface area contributed by atoms with Crippen LogP contribution in [-0.2, 0) is 14.3 Å². The van der Waals surface area contributed by atoms with E-state index in [9.17, 15) is 9.59 Å². The number of morpholine rings is 1. The van der Waals surface area contributed by atoms with Gasteiger partial charge >= 0.3 is 5.97 Å². The summed E-state index contributed by atoms with van der Waals surface area (Å²) in [4.78, 5) is 24.0. The molecular formula is C11H19NO4. The predicted molar refractivity (Wildman–Crippen MR) is 58.1 cm³/mol. The summed E-state index contributed by atoms with van der Waals surface area (Å²) in [7, 11) is 0. The molecule has 0 aromatic heterocycles. The number of nitrogens with zero attached hydrogens (tertiary/aromatic N) is 1. The molecule has 0 bridgehead atoms. The third-order valence-corrected chi connectivity index (χ3v) is 2.58. The summed E-state index contributed by atoms with van der Waals surface area (Å²) < 4.78 is 5.17. The van der Waals surface area contributed by atoms with Gasteiger partial charge in [0.25, 0.3) is 0 Å². The fourth-order valence-electron chi connectivity index (χ4n) is 2.05. The lowest BCUT2D eigenvalue weighted by molar-refractivity contribution is -0.157. The summed E-state index contributed by atoms with van der Waals surface area (Å²) in [6, 6.07) is -0.127. The summed E-state index contributed by atoms with van der Waals surface area (Å²) in [5, 5.41) is 8.65. The Morgan fingerprint density at radius 3 is 2.69 bits per heavy atom. The number of ether oxygens (including phenoxy) is 1. The number of carbonyl (C=O) groups excluding carboxylic acids is 1. The molecule has 1 atom stereocenters. The van der Waals surface area contributed by atoms with Crippen molar-refractivity contribution >= 4 is 11.9 Å². The zero-order valence-electron chi connectivity index (χ0n) is 10.0. The molecule has 1 heterocycles. The van der Waals surface area contributed by atoms with Crippen molar-refractivity contribution in [2.45, 2.75) is 45.2 Å². The molecule has 1 aliphatic rings. The van der Waals surface area contributed by atoms with E-state index in [1.165, 1.54) is 0 Å². The zero-order chi connectivity index (χ0) is 12.3. The van der Waals surface area contributed by atoms with Gasteiger partial charge in [-0.05, 0) is 27.2 Å². The highest BCUT2D eigenvalue weighted by Gasteiger charge is 2.36. The van der Waals surface area contributed by atoms with E-state index in [4.69, 9.17) is 9.84 Å². The van der Waals surface area contributed by atoms with E-state index in [1.807, 2.05) is 20.8 Å². The Bertz CT molecular complexity index is 282. The monoisotopic (exact) mass is 229 g/mol. The second-order valence-corrected chi connectivity index (χ2v) is 5.04. The average molecular weight is 229 g/mol. The van der Waals surface area contributed by atoms with E-state index >= 15 is 0 Å². The lowest BCUT2D eigenvalue weighted by Crippen LogP contribution is -2.57. The molecule has 92 valence electrons. The van der Waals surface area contributed by atoms with Crippen molar-refractivity contribution in [3.63, 3.8) is 0 Å². The lowest BCUT2D eigenvalue weighted by Gasteiger charge is -2.44. The third kappa shape index (κ3) is 3.20. The van der Waals surface area contributed by atoms with Gasteiger partial charge in [-0.2, -0.15) is 0 Å². The molecule has 1 aliphatic heterocycles. The van der Waals surface area contributed by atoms with Crippen molar-refractivity contribution < 1.29 is 19.4 Å². The maximum atomic E-state index is 11.7. The molecule has 0 aliphatic carbocycles. The highest BCUT2D eigenvalue weighted by atomic mass is 16.5. The first-order chi connectivity index (χ1) is 7.32. The maximum Gasteiger partial charge on any atom is 0.303 e. The largest absolute Gasteiger partial charge is 0.481 e. The minimum absolute atomic E-state index is 0.0610. The Morgan fingerprint density at radius 1 is 1.56 bits per heavy atom. The van der Waals surface area contributed by atoms with Gasteiger partial charge in [0, 0.05) is 12.0 Å². The molecular weight excluding hydrogens is 210 g/mol. The van der Waals surface area contributed by atoms with E-state index in [0.717, 1.165) is 0 Å². The van der Waals surface area contributed by atoms with Crippen LogP contribution in [0.4, 0.5) is 0 Å². The first kappa shape index (κ1) is 13.0. The third-order valence-electron chi connectivity index (χ3n) is 2.58. The molecule has 1 unspecified atom stereocenters. The second-order valence-electron chi connectivity index (χ2n) is 5.04. The Morgan fingerprint density at radius 2 is 2.19 bits per heavy atom. The van der Waals surface area contributed by atoms with Gasteiger partial charge in [0.2, 0.25) is 5.91 Å². The van der Waals surface area contributed by atoms with E-state index < -0.39 is 5.97 Å². The lowest BCUT2D eigenvalue weighted by atomic mass is 9.99. The smallest absolute Gasteiger partial charge is 0.303 e. The topological polar surface area (TPSA) is 66.8 Å². The second kappa shape index (κ2) is 4.82. The molecule has 1 saturated heterocycles. The standard InChI is InChI=1S/C11H19NO4/c1-11(2,3)12-8(4-5-10(14)15)6-16-7-9(12)13/h8H,4-7H2,1-3H3,(H,14,15). The van der Waals surface area contributed by atoms with Crippen molar-refractivity contribution in [1.82, 2.24) is 4.90 Å². The highest BCUT2D eigenvalue weighted by Crippen LogP contribution is 2.23. The van der Waals surface area contributed by atoms with Crippen molar-refractivity contribution in [3.05, 3.63) is 0 Å². The van der Waals surface area contributed by atoms with Crippen LogP contribution in [0.1, 0.15) is 33.6 Å². The molecule has 0 aromatic carbocycles. The zero-order valence-corrected chi connectivity index (χ0v) is 10.0. The summed E-state index contributed by atoms with van der Waals surface area (Å²) in [5.41, 5.74) is -0.288. The Hall–Kier alpha value is -1.10. The summed E-state index contributed by atoms with van der Waals surface area (Å²) in [6.07, 6.45) is 0.506. The summed E-state index contributed by atoms with van der Waals surface area (Å²) in [6.45, 7) is 6.37. The van der Waals surface area contributed by atoms with Crippen molar-refractivity contribution in [3.8, 4) is 0 Å². The Labute approximate surface area is 95.4 Å². The van der Waals surface area contributed by atoms with Crippen LogP contribution in [0.15, 0.2) is 0 Å². The fourth-order valence-corrected chi connectivity index (χ4v) is 2.05.